The molecule has 0 atom stereocenters. The number of ether oxygens (including phenoxy) is 4. The van der Waals surface area contributed by atoms with Gasteiger partial charge in [-0.15, -0.1) is 0 Å². The summed E-state index contributed by atoms with van der Waals surface area (Å²) in [6, 6.07) is 12.9. The molecule has 0 saturated heterocycles. The Bertz CT molecular complexity index is 2050. The van der Waals surface area contributed by atoms with Crippen LogP contribution in [0.4, 0.5) is 5.69 Å². The molecule has 0 spiro atoms. The predicted molar refractivity (Wildman–Crippen MR) is 186 cm³/mol. The second kappa shape index (κ2) is 15.1. The first-order valence-corrected chi connectivity index (χ1v) is 15.0. The van der Waals surface area contributed by atoms with Crippen molar-refractivity contribution in [3.63, 3.8) is 0 Å². The highest BCUT2D eigenvalue weighted by Crippen LogP contribution is 2.40. The second-order valence-electron chi connectivity index (χ2n) is 11.5. The van der Waals surface area contributed by atoms with Gasteiger partial charge in [-0.1, -0.05) is 50.6 Å². The Morgan fingerprint density at radius 2 is 0.880 bits per heavy atom. The maximum Gasteiger partial charge on any atom is 0.338 e. The van der Waals surface area contributed by atoms with E-state index in [1.807, 2.05) is 0 Å². The number of carbonyl (C=O) groups excluding carboxylic acids is 6. The van der Waals surface area contributed by atoms with Gasteiger partial charge in [-0.3, -0.25) is 9.59 Å². The zero-order valence-electron chi connectivity index (χ0n) is 27.8. The van der Waals surface area contributed by atoms with Crippen LogP contribution >= 0.6 is 0 Å². The number of carbonyl (C=O) groups is 6. The fourth-order valence-corrected chi connectivity index (χ4v) is 4.33. The minimum absolute atomic E-state index is 0.0381. The largest absolute Gasteiger partial charge is 0.419 e. The molecule has 11 heteroatoms. The van der Waals surface area contributed by atoms with Crippen LogP contribution in [0.15, 0.2) is 115 Å². The van der Waals surface area contributed by atoms with E-state index in [2.05, 4.69) is 31.6 Å². The van der Waals surface area contributed by atoms with Gasteiger partial charge in [-0.05, 0) is 86.9 Å². The van der Waals surface area contributed by atoms with Crippen molar-refractivity contribution in [2.24, 2.45) is 0 Å². The first-order chi connectivity index (χ1) is 23.5. The van der Waals surface area contributed by atoms with Gasteiger partial charge in [0.15, 0.2) is 40.6 Å². The predicted octanol–water partition coefficient (Wildman–Crippen LogP) is 6.44. The summed E-state index contributed by atoms with van der Waals surface area (Å²) in [7, 11) is 0. The average Bonchev–Trinajstić information content (AvgIpc) is 3.38. The van der Waals surface area contributed by atoms with Crippen LogP contribution in [0.1, 0.15) is 27.7 Å². The molecule has 1 N–H and O–H groups in total. The van der Waals surface area contributed by atoms with Crippen molar-refractivity contribution in [1.29, 1.82) is 0 Å². The van der Waals surface area contributed by atoms with Crippen LogP contribution in [0, 0.1) is 0 Å². The van der Waals surface area contributed by atoms with E-state index in [9.17, 15) is 28.8 Å². The number of anilines is 1. The Balaban J connectivity index is 1.86. The maximum atomic E-state index is 12.6. The van der Waals surface area contributed by atoms with Crippen molar-refractivity contribution >= 4 is 41.1 Å². The molecule has 0 aliphatic heterocycles. The van der Waals surface area contributed by atoms with E-state index in [4.69, 9.17) is 18.9 Å². The summed E-state index contributed by atoms with van der Waals surface area (Å²) >= 11 is 0. The highest BCUT2D eigenvalue weighted by atomic mass is 16.6. The third-order valence-corrected chi connectivity index (χ3v) is 7.04. The molecule has 0 bridgehead atoms. The Morgan fingerprint density at radius 3 is 1.32 bits per heavy atom. The number of hydrogen-bond acceptors (Lipinski definition) is 11. The van der Waals surface area contributed by atoms with Gasteiger partial charge < -0.3 is 24.3 Å². The number of nitrogens with one attached hydrogen (secondary N) is 1. The van der Waals surface area contributed by atoms with E-state index < -0.39 is 41.5 Å². The Hall–Kier alpha value is -6.62. The minimum atomic E-state index is -1.21. The number of ketones is 2. The van der Waals surface area contributed by atoms with E-state index in [1.165, 1.54) is 64.1 Å². The van der Waals surface area contributed by atoms with Crippen LogP contribution in [0.5, 0.6) is 23.0 Å². The molecule has 4 rings (SSSR count). The third-order valence-electron chi connectivity index (χ3n) is 7.04. The number of rotatable bonds is 12. The topological polar surface area (TPSA) is 151 Å². The van der Waals surface area contributed by atoms with Crippen LogP contribution in [0.2, 0.25) is 0 Å². The lowest BCUT2D eigenvalue weighted by Gasteiger charge is -2.19. The quantitative estimate of drug-likeness (QED) is 0.0978. The molecule has 3 aromatic carbocycles. The molecular weight excluding hydrogens is 642 g/mol. The summed E-state index contributed by atoms with van der Waals surface area (Å²) in [4.78, 5) is 74.8. The standard InChI is InChI=1S/C39H33NO10/c1-20(2)36(43)47-31-15-10-25(18-33(31)49-38(45)22(5)6)24-9-12-27(28(17-24)40-35-29(41)13-14-30(35)42)26-11-16-32(48-37(44)21(3)4)34(19-26)50-39(46)23(7)8/h9-19,35,40H,1,3,5,7H2,2,4,6,8H3. The van der Waals surface area contributed by atoms with Crippen LogP contribution in [0.3, 0.4) is 0 Å². The van der Waals surface area contributed by atoms with Crippen molar-refractivity contribution in [1.82, 2.24) is 0 Å². The Kier molecular flexibility index (Phi) is 10.9. The Labute approximate surface area is 288 Å². The summed E-state index contributed by atoms with van der Waals surface area (Å²) in [6.45, 7) is 20.2. The molecule has 0 radical (unpaired) electrons. The summed E-state index contributed by atoms with van der Waals surface area (Å²) in [5, 5.41) is 3.01. The molecule has 0 amide bonds. The maximum absolute atomic E-state index is 12.6. The van der Waals surface area contributed by atoms with Gasteiger partial charge in [0.2, 0.25) is 0 Å². The summed E-state index contributed by atoms with van der Waals surface area (Å²) in [5.41, 5.74) is 2.72. The van der Waals surface area contributed by atoms with Crippen molar-refractivity contribution in [3.8, 4) is 45.3 Å². The van der Waals surface area contributed by atoms with E-state index >= 15 is 0 Å². The molecule has 254 valence electrons. The smallest absolute Gasteiger partial charge is 0.338 e. The Morgan fingerprint density at radius 1 is 0.520 bits per heavy atom. The minimum Gasteiger partial charge on any atom is -0.419 e. The molecule has 0 aromatic heterocycles. The first kappa shape index (κ1) is 36.2. The highest BCUT2D eigenvalue weighted by molar-refractivity contribution is 6.23. The summed E-state index contributed by atoms with van der Waals surface area (Å²) in [5.74, 6) is -4.16. The average molecular weight is 676 g/mol. The molecular formula is C39H33NO10. The van der Waals surface area contributed by atoms with Crippen molar-refractivity contribution in [3.05, 3.63) is 115 Å². The molecule has 1 aliphatic carbocycles. The number of hydrogen-bond donors (Lipinski definition) is 1. The monoisotopic (exact) mass is 675 g/mol. The fraction of sp³-hybridized carbons (Fsp3) is 0.128. The van der Waals surface area contributed by atoms with Crippen LogP contribution in [-0.4, -0.2) is 41.5 Å². The van der Waals surface area contributed by atoms with Gasteiger partial charge in [0.05, 0.1) is 0 Å². The molecule has 3 aromatic rings. The van der Waals surface area contributed by atoms with Crippen molar-refractivity contribution in [2.45, 2.75) is 33.7 Å². The van der Waals surface area contributed by atoms with Gasteiger partial charge in [-0.25, -0.2) is 19.2 Å². The molecule has 0 fully saturated rings. The van der Waals surface area contributed by atoms with E-state index in [-0.39, 0.29) is 45.3 Å². The van der Waals surface area contributed by atoms with Gasteiger partial charge in [0, 0.05) is 33.5 Å². The van der Waals surface area contributed by atoms with Crippen LogP contribution in [-0.2, 0) is 28.8 Å². The molecule has 0 saturated carbocycles. The lowest BCUT2D eigenvalue weighted by molar-refractivity contribution is -0.132. The van der Waals surface area contributed by atoms with Crippen LogP contribution in [0.25, 0.3) is 22.3 Å². The lowest BCUT2D eigenvalue weighted by Crippen LogP contribution is -2.31. The van der Waals surface area contributed by atoms with E-state index in [1.54, 1.807) is 30.3 Å². The zero-order valence-corrected chi connectivity index (χ0v) is 27.8. The van der Waals surface area contributed by atoms with E-state index in [0.717, 1.165) is 0 Å². The van der Waals surface area contributed by atoms with Crippen molar-refractivity contribution in [2.75, 3.05) is 5.32 Å². The van der Waals surface area contributed by atoms with Crippen molar-refractivity contribution < 1.29 is 47.7 Å². The summed E-state index contributed by atoms with van der Waals surface area (Å²) < 4.78 is 21.7. The molecule has 0 heterocycles. The fourth-order valence-electron chi connectivity index (χ4n) is 4.33. The van der Waals surface area contributed by atoms with Gasteiger partial charge in [0.1, 0.15) is 0 Å². The van der Waals surface area contributed by atoms with Crippen LogP contribution < -0.4 is 24.3 Å². The lowest BCUT2D eigenvalue weighted by atomic mass is 9.97. The van der Waals surface area contributed by atoms with Gasteiger partial charge in [-0.2, -0.15) is 0 Å². The van der Waals surface area contributed by atoms with Gasteiger partial charge >= 0.3 is 23.9 Å². The SMILES string of the molecule is C=C(C)C(=O)Oc1ccc(-c2ccc(-c3ccc(OC(=O)C(=C)C)c(OC(=O)C(=C)C)c3)c(NC3C(=O)C=CC3=O)c2)cc1OC(=O)C(=C)C. The first-order valence-electron chi connectivity index (χ1n) is 15.0. The van der Waals surface area contributed by atoms with E-state index in [0.29, 0.717) is 27.9 Å². The molecule has 11 nitrogen and oxygen atoms in total. The zero-order chi connectivity index (χ0) is 36.9. The highest BCUT2D eigenvalue weighted by Gasteiger charge is 2.29. The normalized spacial score (nSPS) is 12.2. The second-order valence-corrected chi connectivity index (χ2v) is 11.5. The third kappa shape index (κ3) is 8.45. The summed E-state index contributed by atoms with van der Waals surface area (Å²) in [6.07, 6.45) is 2.35. The number of benzene rings is 3. The molecule has 50 heavy (non-hydrogen) atoms. The molecule has 0 unspecified atom stereocenters. The van der Waals surface area contributed by atoms with Gasteiger partial charge in [0.25, 0.3) is 0 Å². The number of esters is 4. The molecule has 1 aliphatic rings.